The third-order valence-electron chi connectivity index (χ3n) is 3.06. The van der Waals surface area contributed by atoms with E-state index in [0.29, 0.717) is 44.1 Å². The van der Waals surface area contributed by atoms with E-state index >= 15 is 0 Å². The molecule has 2 N–H and O–H groups in total. The van der Waals surface area contributed by atoms with Crippen LogP contribution in [0.25, 0.3) is 0 Å². The monoisotopic (exact) mass is 296 g/mol. The topological polar surface area (TPSA) is 71.0 Å². The van der Waals surface area contributed by atoms with Gasteiger partial charge in [-0.15, -0.1) is 0 Å². The molecule has 0 saturated carbocycles. The minimum atomic E-state index is -0.0835. The molecule has 0 bridgehead atoms. The maximum absolute atomic E-state index is 12.0. The Labute approximate surface area is 125 Å². The molecule has 118 valence electrons. The third kappa shape index (κ3) is 6.57. The highest BCUT2D eigenvalue weighted by Crippen LogP contribution is 2.22. The van der Waals surface area contributed by atoms with Crippen molar-refractivity contribution in [3.8, 4) is 5.75 Å². The number of para-hydroxylation sites is 2. The molecule has 1 rings (SSSR count). The highest BCUT2D eigenvalue weighted by Gasteiger charge is 2.10. The summed E-state index contributed by atoms with van der Waals surface area (Å²) < 4.78 is 10.2. The molecule has 0 radical (unpaired) electrons. The molecular formula is C15H24N2O4. The Hall–Kier alpha value is -1.63. The van der Waals surface area contributed by atoms with Gasteiger partial charge in [-0.3, -0.25) is 9.69 Å². The number of nitrogens with zero attached hydrogens (tertiary/aromatic N) is 1. The van der Waals surface area contributed by atoms with Gasteiger partial charge in [0.15, 0.2) is 0 Å². The van der Waals surface area contributed by atoms with Crippen molar-refractivity contribution in [2.75, 3.05) is 52.4 Å². The first-order valence-corrected chi connectivity index (χ1v) is 6.96. The van der Waals surface area contributed by atoms with Gasteiger partial charge in [0.05, 0.1) is 26.0 Å². The summed E-state index contributed by atoms with van der Waals surface area (Å²) in [6.45, 7) is 2.45. The molecule has 0 fully saturated rings. The Kier molecular flexibility index (Phi) is 8.42. The smallest absolute Gasteiger partial charge is 0.225 e. The van der Waals surface area contributed by atoms with Crippen LogP contribution in [0.15, 0.2) is 24.3 Å². The van der Waals surface area contributed by atoms with Crippen LogP contribution in [0, 0.1) is 0 Å². The second-order valence-corrected chi connectivity index (χ2v) is 4.56. The summed E-state index contributed by atoms with van der Waals surface area (Å²) in [6, 6.07) is 7.29. The molecule has 0 spiro atoms. The Balaban J connectivity index is 2.45. The number of anilines is 1. The van der Waals surface area contributed by atoms with E-state index in [4.69, 9.17) is 14.6 Å². The number of aliphatic hydroxyl groups excluding tert-OH is 1. The van der Waals surface area contributed by atoms with Crippen LogP contribution < -0.4 is 10.1 Å². The molecule has 1 amide bonds. The molecule has 6 nitrogen and oxygen atoms in total. The molecule has 1 aromatic rings. The first kappa shape index (κ1) is 17.4. The maximum Gasteiger partial charge on any atom is 0.225 e. The van der Waals surface area contributed by atoms with Crippen LogP contribution in [0.4, 0.5) is 5.69 Å². The average Bonchev–Trinajstić information content (AvgIpc) is 2.50. The van der Waals surface area contributed by atoms with Crippen molar-refractivity contribution in [2.24, 2.45) is 0 Å². The molecule has 6 heteroatoms. The molecule has 21 heavy (non-hydrogen) atoms. The van der Waals surface area contributed by atoms with Crippen LogP contribution >= 0.6 is 0 Å². The van der Waals surface area contributed by atoms with E-state index in [1.807, 2.05) is 17.0 Å². The van der Waals surface area contributed by atoms with Crippen LogP contribution in [0.5, 0.6) is 5.75 Å². The predicted molar refractivity (Wildman–Crippen MR) is 81.6 cm³/mol. The summed E-state index contributed by atoms with van der Waals surface area (Å²) in [5.41, 5.74) is 0.663. The minimum Gasteiger partial charge on any atom is -0.495 e. The minimum absolute atomic E-state index is 0.0673. The summed E-state index contributed by atoms with van der Waals surface area (Å²) >= 11 is 0. The van der Waals surface area contributed by atoms with Gasteiger partial charge in [0.25, 0.3) is 0 Å². The fraction of sp³-hybridized carbons (Fsp3) is 0.533. The van der Waals surface area contributed by atoms with Crippen molar-refractivity contribution in [1.82, 2.24) is 4.90 Å². The highest BCUT2D eigenvalue weighted by molar-refractivity contribution is 5.92. The molecule has 0 aliphatic rings. The number of methoxy groups -OCH3 is 2. The zero-order valence-corrected chi connectivity index (χ0v) is 12.7. The normalized spacial score (nSPS) is 10.7. The summed E-state index contributed by atoms with van der Waals surface area (Å²) in [4.78, 5) is 14.0. The van der Waals surface area contributed by atoms with Crippen LogP contribution in [0.2, 0.25) is 0 Å². The van der Waals surface area contributed by atoms with Crippen LogP contribution in [-0.2, 0) is 9.53 Å². The second kappa shape index (κ2) is 10.1. The summed E-state index contributed by atoms with van der Waals surface area (Å²) in [7, 11) is 3.20. The molecule has 0 aliphatic carbocycles. The van der Waals surface area contributed by atoms with E-state index in [1.54, 1.807) is 26.4 Å². The zero-order valence-electron chi connectivity index (χ0n) is 12.7. The Morgan fingerprint density at radius 3 is 2.67 bits per heavy atom. The molecule has 0 saturated heterocycles. The number of ether oxygens (including phenoxy) is 2. The first-order valence-electron chi connectivity index (χ1n) is 6.96. The number of hydrogen-bond acceptors (Lipinski definition) is 5. The van der Waals surface area contributed by atoms with E-state index in [0.717, 1.165) is 0 Å². The molecule has 0 aliphatic heterocycles. The lowest BCUT2D eigenvalue weighted by atomic mass is 10.2. The lowest BCUT2D eigenvalue weighted by Crippen LogP contribution is -2.33. The molecule has 0 aromatic heterocycles. The Morgan fingerprint density at radius 1 is 1.24 bits per heavy atom. The fourth-order valence-electron chi connectivity index (χ4n) is 1.92. The molecule has 0 unspecified atom stereocenters. The highest BCUT2D eigenvalue weighted by atomic mass is 16.5. The standard InChI is InChI=1S/C15H24N2O4/c1-20-12-10-17(9-11-18)8-7-15(19)16-13-5-3-4-6-14(13)21-2/h3-6,18H,7-12H2,1-2H3,(H,16,19). The van der Waals surface area contributed by atoms with Gasteiger partial charge < -0.3 is 19.9 Å². The van der Waals surface area contributed by atoms with Gasteiger partial charge in [0.1, 0.15) is 5.75 Å². The number of carbonyl (C=O) groups excluding carboxylic acids is 1. The van der Waals surface area contributed by atoms with Crippen molar-refractivity contribution in [3.05, 3.63) is 24.3 Å². The Bertz CT molecular complexity index is 426. The summed E-state index contributed by atoms with van der Waals surface area (Å²) in [5, 5.41) is 11.8. The number of hydrogen-bond donors (Lipinski definition) is 2. The van der Waals surface area contributed by atoms with E-state index in [-0.39, 0.29) is 12.5 Å². The SMILES string of the molecule is COCCN(CCO)CCC(=O)Nc1ccccc1OC. The summed E-state index contributed by atoms with van der Waals surface area (Å²) in [6.07, 6.45) is 0.349. The first-order chi connectivity index (χ1) is 10.2. The number of aliphatic hydroxyl groups is 1. The van der Waals surface area contributed by atoms with Gasteiger partial charge in [-0.1, -0.05) is 12.1 Å². The van der Waals surface area contributed by atoms with E-state index in [2.05, 4.69) is 5.32 Å². The van der Waals surface area contributed by atoms with E-state index in [1.165, 1.54) is 0 Å². The quantitative estimate of drug-likeness (QED) is 0.673. The largest absolute Gasteiger partial charge is 0.495 e. The number of nitrogens with one attached hydrogen (secondary N) is 1. The average molecular weight is 296 g/mol. The zero-order chi connectivity index (χ0) is 15.5. The van der Waals surface area contributed by atoms with Gasteiger partial charge in [-0.25, -0.2) is 0 Å². The Morgan fingerprint density at radius 2 is 2.00 bits per heavy atom. The lowest BCUT2D eigenvalue weighted by molar-refractivity contribution is -0.116. The molecule has 0 heterocycles. The lowest BCUT2D eigenvalue weighted by Gasteiger charge is -2.20. The van der Waals surface area contributed by atoms with E-state index < -0.39 is 0 Å². The van der Waals surface area contributed by atoms with Gasteiger partial charge >= 0.3 is 0 Å². The van der Waals surface area contributed by atoms with Crippen LogP contribution in [0.1, 0.15) is 6.42 Å². The summed E-state index contributed by atoms with van der Waals surface area (Å²) in [5.74, 6) is 0.553. The van der Waals surface area contributed by atoms with E-state index in [9.17, 15) is 4.79 Å². The van der Waals surface area contributed by atoms with Crippen LogP contribution in [-0.4, -0.2) is 63.0 Å². The maximum atomic E-state index is 12.0. The molecule has 1 aromatic carbocycles. The number of benzene rings is 1. The molecule has 0 atom stereocenters. The van der Waals surface area contributed by atoms with Crippen molar-refractivity contribution in [2.45, 2.75) is 6.42 Å². The van der Waals surface area contributed by atoms with Gasteiger partial charge in [-0.05, 0) is 12.1 Å². The second-order valence-electron chi connectivity index (χ2n) is 4.56. The number of carbonyl (C=O) groups is 1. The third-order valence-corrected chi connectivity index (χ3v) is 3.06. The van der Waals surface area contributed by atoms with Gasteiger partial charge in [0, 0.05) is 33.2 Å². The fourth-order valence-corrected chi connectivity index (χ4v) is 1.92. The van der Waals surface area contributed by atoms with Crippen LogP contribution in [0.3, 0.4) is 0 Å². The van der Waals surface area contributed by atoms with Crippen molar-refractivity contribution in [3.63, 3.8) is 0 Å². The predicted octanol–water partition coefficient (Wildman–Crippen LogP) is 0.964. The van der Waals surface area contributed by atoms with Gasteiger partial charge in [-0.2, -0.15) is 0 Å². The van der Waals surface area contributed by atoms with Gasteiger partial charge in [0.2, 0.25) is 5.91 Å². The van der Waals surface area contributed by atoms with Crippen molar-refractivity contribution >= 4 is 11.6 Å². The number of amides is 1. The van der Waals surface area contributed by atoms with Crippen molar-refractivity contribution < 1.29 is 19.4 Å². The molecular weight excluding hydrogens is 272 g/mol. The van der Waals surface area contributed by atoms with Crippen molar-refractivity contribution in [1.29, 1.82) is 0 Å². The number of rotatable bonds is 10.